The predicted molar refractivity (Wildman–Crippen MR) is 95.3 cm³/mol. The molecule has 0 radical (unpaired) electrons. The monoisotopic (exact) mass is 421 g/mol. The first-order chi connectivity index (χ1) is 9.69. The Bertz CT molecular complexity index is 555. The second-order valence-corrected chi connectivity index (χ2v) is 5.42. The summed E-state index contributed by atoms with van der Waals surface area (Å²) >= 11 is 1.78. The number of guanidine groups is 1. The van der Waals surface area contributed by atoms with E-state index >= 15 is 0 Å². The van der Waals surface area contributed by atoms with Gasteiger partial charge in [-0.3, -0.25) is 4.99 Å². The number of aryl methyl sites for hydroxylation is 1. The van der Waals surface area contributed by atoms with Crippen molar-refractivity contribution in [2.24, 2.45) is 4.99 Å². The summed E-state index contributed by atoms with van der Waals surface area (Å²) in [6.07, 6.45) is 1.01. The van der Waals surface area contributed by atoms with Crippen LogP contribution in [0.25, 0.3) is 0 Å². The molecule has 0 aliphatic rings. The maximum Gasteiger partial charge on any atom is 0.246 e. The first-order valence-electron chi connectivity index (χ1n) is 6.42. The van der Waals surface area contributed by atoms with Crippen LogP contribution in [0.3, 0.4) is 0 Å². The van der Waals surface area contributed by atoms with Crippen molar-refractivity contribution in [3.05, 3.63) is 34.1 Å². The molecule has 1 N–H and O–H groups in total. The highest BCUT2D eigenvalue weighted by Gasteiger charge is 2.08. The molecule has 0 spiro atoms. The van der Waals surface area contributed by atoms with Crippen molar-refractivity contribution in [1.29, 1.82) is 0 Å². The van der Waals surface area contributed by atoms with Gasteiger partial charge >= 0.3 is 0 Å². The lowest BCUT2D eigenvalue weighted by Gasteiger charge is -2.21. The Kier molecular flexibility index (Phi) is 7.65. The number of thiophene rings is 1. The maximum absolute atomic E-state index is 5.06. The lowest BCUT2D eigenvalue weighted by molar-refractivity contribution is 0.368. The van der Waals surface area contributed by atoms with E-state index in [2.05, 4.69) is 42.9 Å². The van der Waals surface area contributed by atoms with Gasteiger partial charge in [-0.15, -0.1) is 35.3 Å². The van der Waals surface area contributed by atoms with E-state index in [4.69, 9.17) is 4.52 Å². The number of likely N-dealkylation sites (N-methyl/N-ethyl adjacent to an activating group) is 1. The fourth-order valence-electron chi connectivity index (χ4n) is 1.79. The van der Waals surface area contributed by atoms with Crippen molar-refractivity contribution >= 4 is 41.3 Å². The van der Waals surface area contributed by atoms with Crippen LogP contribution in [-0.2, 0) is 13.0 Å². The zero-order chi connectivity index (χ0) is 14.4. The molecule has 0 aliphatic heterocycles. The third kappa shape index (κ3) is 5.62. The first-order valence-corrected chi connectivity index (χ1v) is 7.30. The van der Waals surface area contributed by atoms with Crippen molar-refractivity contribution in [3.8, 4) is 0 Å². The summed E-state index contributed by atoms with van der Waals surface area (Å²) in [5.74, 6) is 2.02. The summed E-state index contributed by atoms with van der Waals surface area (Å²) in [5, 5.41) is 9.07. The molecule has 0 amide bonds. The number of halogens is 1. The number of nitrogens with zero attached hydrogens (tertiary/aromatic N) is 4. The molecular weight excluding hydrogens is 401 g/mol. The Morgan fingerprint density at radius 1 is 1.52 bits per heavy atom. The fraction of sp³-hybridized carbons (Fsp3) is 0.462. The van der Waals surface area contributed by atoms with Gasteiger partial charge in [0.15, 0.2) is 11.8 Å². The van der Waals surface area contributed by atoms with E-state index in [1.165, 1.54) is 4.88 Å². The minimum absolute atomic E-state index is 0. The molecule has 0 saturated heterocycles. The zero-order valence-electron chi connectivity index (χ0n) is 12.4. The van der Waals surface area contributed by atoms with Crippen LogP contribution in [0, 0.1) is 6.92 Å². The smallest absolute Gasteiger partial charge is 0.246 e. The van der Waals surface area contributed by atoms with Crippen molar-refractivity contribution < 1.29 is 4.52 Å². The van der Waals surface area contributed by atoms with E-state index in [-0.39, 0.29) is 24.0 Å². The minimum Gasteiger partial charge on any atom is -0.347 e. The SMILES string of the molecule is CN=C(NCc1nc(C)no1)N(C)CCc1cccs1.I. The first kappa shape index (κ1) is 17.9. The number of rotatable bonds is 5. The summed E-state index contributed by atoms with van der Waals surface area (Å²) in [6, 6.07) is 4.22. The average Bonchev–Trinajstić information content (AvgIpc) is 3.08. The molecule has 2 heterocycles. The summed E-state index contributed by atoms with van der Waals surface area (Å²) in [6.45, 7) is 3.19. The van der Waals surface area contributed by atoms with Crippen LogP contribution in [0.1, 0.15) is 16.6 Å². The molecule has 2 rings (SSSR count). The Balaban J connectivity index is 0.00000220. The maximum atomic E-state index is 5.06. The zero-order valence-corrected chi connectivity index (χ0v) is 15.5. The Morgan fingerprint density at radius 3 is 2.90 bits per heavy atom. The van der Waals surface area contributed by atoms with Gasteiger partial charge in [-0.1, -0.05) is 11.2 Å². The molecule has 8 heteroatoms. The number of hydrogen-bond acceptors (Lipinski definition) is 5. The van der Waals surface area contributed by atoms with Gasteiger partial charge in [0.25, 0.3) is 0 Å². The lowest BCUT2D eigenvalue weighted by atomic mass is 10.3. The number of nitrogens with one attached hydrogen (secondary N) is 1. The van der Waals surface area contributed by atoms with Crippen LogP contribution in [-0.4, -0.2) is 41.6 Å². The summed E-state index contributed by atoms with van der Waals surface area (Å²) < 4.78 is 5.06. The number of hydrogen-bond donors (Lipinski definition) is 1. The molecule has 0 atom stereocenters. The van der Waals surface area contributed by atoms with E-state index in [1.54, 1.807) is 25.3 Å². The quantitative estimate of drug-likeness (QED) is 0.456. The summed E-state index contributed by atoms with van der Waals surface area (Å²) in [5.41, 5.74) is 0. The fourth-order valence-corrected chi connectivity index (χ4v) is 2.49. The van der Waals surface area contributed by atoms with Gasteiger partial charge in [0.05, 0.1) is 6.54 Å². The molecule has 21 heavy (non-hydrogen) atoms. The summed E-state index contributed by atoms with van der Waals surface area (Å²) in [7, 11) is 3.78. The van der Waals surface area contributed by atoms with Crippen molar-refractivity contribution in [2.45, 2.75) is 19.9 Å². The van der Waals surface area contributed by atoms with Crippen LogP contribution >= 0.6 is 35.3 Å². The van der Waals surface area contributed by atoms with Crippen LogP contribution in [0.5, 0.6) is 0 Å². The molecule has 0 fully saturated rings. The van der Waals surface area contributed by atoms with E-state index < -0.39 is 0 Å². The standard InChI is InChI=1S/C13H19N5OS.HI/c1-10-16-12(19-17-10)9-15-13(14-2)18(3)7-6-11-5-4-8-20-11;/h4-5,8H,6-7,9H2,1-3H3,(H,14,15);1H. The van der Waals surface area contributed by atoms with Crippen LogP contribution in [0.15, 0.2) is 27.0 Å². The molecule has 2 aromatic rings. The molecule has 0 aliphatic carbocycles. The predicted octanol–water partition coefficient (Wildman–Crippen LogP) is 2.31. The molecular formula is C13H20IN5OS. The Labute approximate surface area is 145 Å². The second-order valence-electron chi connectivity index (χ2n) is 4.39. The van der Waals surface area contributed by atoms with Crippen molar-refractivity contribution in [1.82, 2.24) is 20.4 Å². The molecule has 0 unspecified atom stereocenters. The third-order valence-electron chi connectivity index (χ3n) is 2.81. The molecule has 2 aromatic heterocycles. The highest BCUT2D eigenvalue weighted by molar-refractivity contribution is 14.0. The van der Waals surface area contributed by atoms with Gasteiger partial charge in [-0.2, -0.15) is 4.98 Å². The molecule has 116 valence electrons. The van der Waals surface area contributed by atoms with E-state index in [9.17, 15) is 0 Å². The molecule has 6 nitrogen and oxygen atoms in total. The highest BCUT2D eigenvalue weighted by Crippen LogP contribution is 2.09. The summed E-state index contributed by atoms with van der Waals surface area (Å²) in [4.78, 5) is 11.9. The van der Waals surface area contributed by atoms with Crippen molar-refractivity contribution in [2.75, 3.05) is 20.6 Å². The molecule has 0 aromatic carbocycles. The average molecular weight is 421 g/mol. The van der Waals surface area contributed by atoms with Gasteiger partial charge in [-0.25, -0.2) is 0 Å². The number of aliphatic imine (C=N–C) groups is 1. The van der Waals surface area contributed by atoms with Gasteiger partial charge in [0.1, 0.15) is 0 Å². The molecule has 0 saturated carbocycles. The Morgan fingerprint density at radius 2 is 2.33 bits per heavy atom. The highest BCUT2D eigenvalue weighted by atomic mass is 127. The van der Waals surface area contributed by atoms with Gasteiger partial charge < -0.3 is 14.7 Å². The van der Waals surface area contributed by atoms with E-state index in [0.717, 1.165) is 18.9 Å². The van der Waals surface area contributed by atoms with Crippen LogP contribution in [0.2, 0.25) is 0 Å². The van der Waals surface area contributed by atoms with Crippen molar-refractivity contribution in [3.63, 3.8) is 0 Å². The van der Waals surface area contributed by atoms with E-state index in [1.807, 2.05) is 7.05 Å². The third-order valence-corrected chi connectivity index (χ3v) is 3.75. The second kappa shape index (κ2) is 8.98. The van der Waals surface area contributed by atoms with Crippen LogP contribution in [0.4, 0.5) is 0 Å². The number of aromatic nitrogens is 2. The molecule has 0 bridgehead atoms. The lowest BCUT2D eigenvalue weighted by Crippen LogP contribution is -2.39. The Hall–Kier alpha value is -1.16. The topological polar surface area (TPSA) is 66.5 Å². The van der Waals surface area contributed by atoms with Gasteiger partial charge in [0, 0.05) is 25.5 Å². The normalized spacial score (nSPS) is 11.1. The van der Waals surface area contributed by atoms with Gasteiger partial charge in [0.2, 0.25) is 5.89 Å². The van der Waals surface area contributed by atoms with Crippen LogP contribution < -0.4 is 5.32 Å². The van der Waals surface area contributed by atoms with Gasteiger partial charge in [-0.05, 0) is 24.8 Å². The van der Waals surface area contributed by atoms with E-state index in [0.29, 0.717) is 18.3 Å². The minimum atomic E-state index is 0. The largest absolute Gasteiger partial charge is 0.347 e.